The van der Waals surface area contributed by atoms with Crippen molar-refractivity contribution in [3.05, 3.63) is 34.3 Å². The monoisotopic (exact) mass is 299 g/mol. The molecular formula is C12H14BrNO3. The maximum absolute atomic E-state index is 11.8. The zero-order valence-corrected chi connectivity index (χ0v) is 11.2. The summed E-state index contributed by atoms with van der Waals surface area (Å²) >= 11 is 3.27. The lowest BCUT2D eigenvalue weighted by molar-refractivity contribution is -0.140. The van der Waals surface area contributed by atoms with Crippen molar-refractivity contribution in [3.63, 3.8) is 0 Å². The highest BCUT2D eigenvalue weighted by atomic mass is 79.9. The second kappa shape index (κ2) is 5.82. The van der Waals surface area contributed by atoms with Crippen LogP contribution in [0.1, 0.15) is 24.2 Å². The van der Waals surface area contributed by atoms with Gasteiger partial charge in [-0.3, -0.25) is 4.79 Å². The summed E-state index contributed by atoms with van der Waals surface area (Å²) in [6, 6.07) is 5.88. The first-order valence-electron chi connectivity index (χ1n) is 5.21. The van der Waals surface area contributed by atoms with Crippen molar-refractivity contribution in [1.29, 1.82) is 0 Å². The highest BCUT2D eigenvalue weighted by Crippen LogP contribution is 2.11. The number of carbonyl (C=O) groups excluding carboxylic acids is 1. The van der Waals surface area contributed by atoms with E-state index < -0.39 is 12.0 Å². The standard InChI is InChI=1S/C12H14BrNO3/c1-7(2)10(12(16)17)14-11(15)8-3-5-9(13)6-4-8/h3-7,10H,1-2H3,(H,14,15)(H,16,17)/t10-/m0/s1. The van der Waals surface area contributed by atoms with E-state index in [2.05, 4.69) is 21.2 Å². The van der Waals surface area contributed by atoms with Crippen LogP contribution in [0.15, 0.2) is 28.7 Å². The van der Waals surface area contributed by atoms with Gasteiger partial charge in [0.1, 0.15) is 6.04 Å². The molecule has 0 aromatic heterocycles. The summed E-state index contributed by atoms with van der Waals surface area (Å²) in [7, 11) is 0. The Morgan fingerprint density at radius 2 is 1.76 bits per heavy atom. The van der Waals surface area contributed by atoms with Gasteiger partial charge < -0.3 is 10.4 Å². The van der Waals surface area contributed by atoms with Gasteiger partial charge in [0.25, 0.3) is 5.91 Å². The third kappa shape index (κ3) is 3.85. The molecule has 1 rings (SSSR count). The first-order chi connectivity index (χ1) is 7.91. The summed E-state index contributed by atoms with van der Waals surface area (Å²) in [5.74, 6) is -1.56. The Labute approximate surface area is 108 Å². The smallest absolute Gasteiger partial charge is 0.326 e. The number of amides is 1. The minimum atomic E-state index is -1.02. The van der Waals surface area contributed by atoms with Crippen molar-refractivity contribution >= 4 is 27.8 Å². The molecule has 1 atom stereocenters. The van der Waals surface area contributed by atoms with Crippen LogP contribution < -0.4 is 5.32 Å². The zero-order chi connectivity index (χ0) is 13.0. The number of hydrogen-bond acceptors (Lipinski definition) is 2. The molecule has 92 valence electrons. The number of nitrogens with one attached hydrogen (secondary N) is 1. The summed E-state index contributed by atoms with van der Waals surface area (Å²) in [5.41, 5.74) is 0.445. The summed E-state index contributed by atoms with van der Waals surface area (Å²) in [4.78, 5) is 22.7. The SMILES string of the molecule is CC(C)[C@H](NC(=O)c1ccc(Br)cc1)C(=O)O. The minimum absolute atomic E-state index is 0.160. The molecule has 17 heavy (non-hydrogen) atoms. The molecule has 0 aliphatic carbocycles. The van der Waals surface area contributed by atoms with Crippen LogP contribution in [0.4, 0.5) is 0 Å². The number of carbonyl (C=O) groups is 2. The number of carboxylic acids is 1. The van der Waals surface area contributed by atoms with Crippen LogP contribution in [0.25, 0.3) is 0 Å². The number of benzene rings is 1. The van der Waals surface area contributed by atoms with Crippen LogP contribution in [0.5, 0.6) is 0 Å². The Morgan fingerprint density at radius 3 is 2.18 bits per heavy atom. The van der Waals surface area contributed by atoms with Gasteiger partial charge in [0, 0.05) is 10.0 Å². The lowest BCUT2D eigenvalue weighted by Crippen LogP contribution is -2.44. The van der Waals surface area contributed by atoms with Crippen molar-refractivity contribution in [2.24, 2.45) is 5.92 Å². The number of aliphatic carboxylic acids is 1. The van der Waals surface area contributed by atoms with E-state index in [-0.39, 0.29) is 11.8 Å². The lowest BCUT2D eigenvalue weighted by Gasteiger charge is -2.17. The van der Waals surface area contributed by atoms with Crippen LogP contribution in [0, 0.1) is 5.92 Å². The first-order valence-corrected chi connectivity index (χ1v) is 6.00. The molecular weight excluding hydrogens is 286 g/mol. The molecule has 0 saturated carbocycles. The molecule has 0 aliphatic heterocycles. The lowest BCUT2D eigenvalue weighted by atomic mass is 10.0. The molecule has 0 heterocycles. The van der Waals surface area contributed by atoms with Crippen LogP contribution in [-0.4, -0.2) is 23.0 Å². The third-order valence-corrected chi connectivity index (χ3v) is 2.85. The maximum Gasteiger partial charge on any atom is 0.326 e. The predicted octanol–water partition coefficient (Wildman–Crippen LogP) is 2.29. The molecule has 0 fully saturated rings. The molecule has 0 unspecified atom stereocenters. The average molecular weight is 300 g/mol. The van der Waals surface area contributed by atoms with E-state index in [1.165, 1.54) is 0 Å². The van der Waals surface area contributed by atoms with E-state index in [9.17, 15) is 9.59 Å². The van der Waals surface area contributed by atoms with Gasteiger partial charge in [-0.15, -0.1) is 0 Å². The summed E-state index contributed by atoms with van der Waals surface area (Å²) in [6.45, 7) is 3.50. The van der Waals surface area contributed by atoms with E-state index in [4.69, 9.17) is 5.11 Å². The van der Waals surface area contributed by atoms with Crippen molar-refractivity contribution in [2.45, 2.75) is 19.9 Å². The normalized spacial score (nSPS) is 12.2. The fraction of sp³-hybridized carbons (Fsp3) is 0.333. The van der Waals surface area contributed by atoms with Gasteiger partial charge in [0.2, 0.25) is 0 Å². The molecule has 4 nitrogen and oxygen atoms in total. The van der Waals surface area contributed by atoms with E-state index in [0.717, 1.165) is 4.47 Å². The third-order valence-electron chi connectivity index (χ3n) is 2.33. The maximum atomic E-state index is 11.8. The Bertz CT molecular complexity index is 414. The molecule has 0 spiro atoms. The second-order valence-electron chi connectivity index (χ2n) is 4.04. The van der Waals surface area contributed by atoms with Crippen LogP contribution >= 0.6 is 15.9 Å². The largest absolute Gasteiger partial charge is 0.480 e. The van der Waals surface area contributed by atoms with Crippen LogP contribution in [0.2, 0.25) is 0 Å². The molecule has 0 aliphatic rings. The zero-order valence-electron chi connectivity index (χ0n) is 9.61. The number of hydrogen-bond donors (Lipinski definition) is 2. The summed E-state index contributed by atoms with van der Waals surface area (Å²) in [6.07, 6.45) is 0. The molecule has 0 bridgehead atoms. The highest BCUT2D eigenvalue weighted by Gasteiger charge is 2.23. The van der Waals surface area contributed by atoms with Gasteiger partial charge in [0.05, 0.1) is 0 Å². The Morgan fingerprint density at radius 1 is 1.24 bits per heavy atom. The topological polar surface area (TPSA) is 66.4 Å². The van der Waals surface area contributed by atoms with Gasteiger partial charge in [0.15, 0.2) is 0 Å². The molecule has 0 radical (unpaired) electrons. The Hall–Kier alpha value is -1.36. The number of rotatable bonds is 4. The molecule has 1 amide bonds. The van der Waals surface area contributed by atoms with Crippen LogP contribution in [0.3, 0.4) is 0 Å². The second-order valence-corrected chi connectivity index (χ2v) is 4.96. The van der Waals surface area contributed by atoms with Crippen LogP contribution in [-0.2, 0) is 4.79 Å². The predicted molar refractivity (Wildman–Crippen MR) is 67.9 cm³/mol. The minimum Gasteiger partial charge on any atom is -0.480 e. The van der Waals surface area contributed by atoms with Crippen molar-refractivity contribution in [2.75, 3.05) is 0 Å². The Kier molecular flexibility index (Phi) is 4.69. The average Bonchev–Trinajstić information content (AvgIpc) is 2.25. The van der Waals surface area contributed by atoms with Gasteiger partial charge in [-0.05, 0) is 30.2 Å². The van der Waals surface area contributed by atoms with Gasteiger partial charge in [-0.1, -0.05) is 29.8 Å². The number of halogens is 1. The molecule has 0 saturated heterocycles. The molecule has 5 heteroatoms. The van der Waals surface area contributed by atoms with E-state index in [1.54, 1.807) is 38.1 Å². The van der Waals surface area contributed by atoms with E-state index in [1.807, 2.05) is 0 Å². The summed E-state index contributed by atoms with van der Waals surface area (Å²) in [5, 5.41) is 11.5. The van der Waals surface area contributed by atoms with Crippen molar-refractivity contribution < 1.29 is 14.7 Å². The molecule has 1 aromatic rings. The number of carboxylic acid groups (broad SMARTS) is 1. The van der Waals surface area contributed by atoms with E-state index >= 15 is 0 Å². The van der Waals surface area contributed by atoms with Gasteiger partial charge in [-0.25, -0.2) is 4.79 Å². The van der Waals surface area contributed by atoms with Crippen molar-refractivity contribution in [1.82, 2.24) is 5.32 Å². The Balaban J connectivity index is 2.77. The van der Waals surface area contributed by atoms with Gasteiger partial charge >= 0.3 is 5.97 Å². The fourth-order valence-electron chi connectivity index (χ4n) is 1.34. The van der Waals surface area contributed by atoms with E-state index in [0.29, 0.717) is 5.56 Å². The first kappa shape index (κ1) is 13.7. The highest BCUT2D eigenvalue weighted by molar-refractivity contribution is 9.10. The molecule has 1 aromatic carbocycles. The quantitative estimate of drug-likeness (QED) is 0.896. The summed E-state index contributed by atoms with van der Waals surface area (Å²) < 4.78 is 0.868. The fourth-order valence-corrected chi connectivity index (χ4v) is 1.60. The molecule has 2 N–H and O–H groups in total. The van der Waals surface area contributed by atoms with Gasteiger partial charge in [-0.2, -0.15) is 0 Å². The van der Waals surface area contributed by atoms with Crippen molar-refractivity contribution in [3.8, 4) is 0 Å².